The molecule has 0 saturated carbocycles. The van der Waals surface area contributed by atoms with Gasteiger partial charge in [-0.1, -0.05) is 30.3 Å². The molecule has 138 valence electrons. The number of carbonyl (C=O) groups excluding carboxylic acids is 1. The highest BCUT2D eigenvalue weighted by molar-refractivity contribution is 7.07. The summed E-state index contributed by atoms with van der Waals surface area (Å²) in [4.78, 5) is 25.2. The van der Waals surface area contributed by atoms with Crippen LogP contribution >= 0.6 is 11.3 Å². The quantitative estimate of drug-likeness (QED) is 0.529. The van der Waals surface area contributed by atoms with Crippen molar-refractivity contribution in [1.29, 1.82) is 0 Å². The molecule has 0 spiro atoms. The Bertz CT molecular complexity index is 1030. The minimum Gasteiger partial charge on any atom is -0.487 e. The fraction of sp³-hybridized carbons (Fsp3) is 0.0476. The molecule has 4 aromatic rings. The zero-order chi connectivity index (χ0) is 19.2. The SMILES string of the molecule is O=C(Nc1cnc(-c2ccccc2)nc1)c1ccc(OCc2cscn2)cc1. The van der Waals surface area contributed by atoms with E-state index >= 15 is 0 Å². The molecule has 0 aliphatic carbocycles. The molecule has 0 aliphatic heterocycles. The molecule has 0 bridgehead atoms. The van der Waals surface area contributed by atoms with Crippen LogP contribution in [0.15, 0.2) is 77.9 Å². The smallest absolute Gasteiger partial charge is 0.255 e. The van der Waals surface area contributed by atoms with E-state index in [0.717, 1.165) is 11.3 Å². The Kier molecular flexibility index (Phi) is 5.35. The lowest BCUT2D eigenvalue weighted by Crippen LogP contribution is -2.12. The van der Waals surface area contributed by atoms with Crippen LogP contribution in [0.2, 0.25) is 0 Å². The van der Waals surface area contributed by atoms with Crippen molar-refractivity contribution in [2.24, 2.45) is 0 Å². The van der Waals surface area contributed by atoms with Gasteiger partial charge < -0.3 is 10.1 Å². The van der Waals surface area contributed by atoms with E-state index in [-0.39, 0.29) is 5.91 Å². The van der Waals surface area contributed by atoms with Crippen LogP contribution in [0.4, 0.5) is 5.69 Å². The van der Waals surface area contributed by atoms with Crippen LogP contribution in [0.3, 0.4) is 0 Å². The maximum absolute atomic E-state index is 12.4. The summed E-state index contributed by atoms with van der Waals surface area (Å²) in [5, 5.41) is 4.73. The normalized spacial score (nSPS) is 10.4. The van der Waals surface area contributed by atoms with Crippen molar-refractivity contribution < 1.29 is 9.53 Å². The third-order valence-electron chi connectivity index (χ3n) is 3.93. The van der Waals surface area contributed by atoms with Crippen molar-refractivity contribution in [2.75, 3.05) is 5.32 Å². The van der Waals surface area contributed by atoms with Gasteiger partial charge in [0.05, 0.1) is 29.3 Å². The number of ether oxygens (including phenoxy) is 1. The van der Waals surface area contributed by atoms with E-state index in [0.29, 0.717) is 29.4 Å². The molecule has 2 aromatic carbocycles. The minimum atomic E-state index is -0.234. The molecule has 0 saturated heterocycles. The second-order valence-corrected chi connectivity index (χ2v) is 6.63. The summed E-state index contributed by atoms with van der Waals surface area (Å²) in [7, 11) is 0. The Balaban J connectivity index is 1.36. The largest absolute Gasteiger partial charge is 0.487 e. The van der Waals surface area contributed by atoms with Gasteiger partial charge in [-0.25, -0.2) is 15.0 Å². The number of amides is 1. The molecular weight excluding hydrogens is 372 g/mol. The Morgan fingerprint density at radius 2 is 1.71 bits per heavy atom. The number of anilines is 1. The lowest BCUT2D eigenvalue weighted by molar-refractivity contribution is 0.102. The lowest BCUT2D eigenvalue weighted by atomic mass is 10.2. The standard InChI is InChI=1S/C21H16N4O2S/c26-21(16-6-8-19(9-7-16)27-12-18-13-28-14-24-18)25-17-10-22-20(23-11-17)15-4-2-1-3-5-15/h1-11,13-14H,12H2,(H,25,26). The second-order valence-electron chi connectivity index (χ2n) is 5.91. The summed E-state index contributed by atoms with van der Waals surface area (Å²) in [5.74, 6) is 1.06. The number of thiazole rings is 1. The number of rotatable bonds is 6. The van der Waals surface area contributed by atoms with Crippen molar-refractivity contribution in [1.82, 2.24) is 15.0 Å². The minimum absolute atomic E-state index is 0.234. The van der Waals surface area contributed by atoms with E-state index in [1.165, 1.54) is 11.3 Å². The first-order valence-electron chi connectivity index (χ1n) is 8.57. The topological polar surface area (TPSA) is 77.0 Å². The van der Waals surface area contributed by atoms with Crippen LogP contribution in [-0.4, -0.2) is 20.9 Å². The first kappa shape index (κ1) is 17.8. The highest BCUT2D eigenvalue weighted by Gasteiger charge is 2.08. The van der Waals surface area contributed by atoms with Crippen molar-refractivity contribution in [3.05, 3.63) is 89.1 Å². The van der Waals surface area contributed by atoms with Gasteiger partial charge in [0, 0.05) is 16.5 Å². The van der Waals surface area contributed by atoms with E-state index in [1.807, 2.05) is 35.7 Å². The summed E-state index contributed by atoms with van der Waals surface area (Å²) in [6.45, 7) is 0.403. The van der Waals surface area contributed by atoms with E-state index in [9.17, 15) is 4.79 Å². The van der Waals surface area contributed by atoms with Crippen LogP contribution in [0, 0.1) is 0 Å². The van der Waals surface area contributed by atoms with E-state index in [2.05, 4.69) is 20.3 Å². The second kappa shape index (κ2) is 8.41. The fourth-order valence-electron chi connectivity index (χ4n) is 2.50. The predicted molar refractivity (Wildman–Crippen MR) is 108 cm³/mol. The summed E-state index contributed by atoms with van der Waals surface area (Å²) in [5.41, 5.74) is 4.63. The maximum Gasteiger partial charge on any atom is 0.255 e. The third kappa shape index (κ3) is 4.39. The van der Waals surface area contributed by atoms with Gasteiger partial charge in [-0.2, -0.15) is 0 Å². The summed E-state index contributed by atoms with van der Waals surface area (Å²) in [6, 6.07) is 16.6. The Labute approximate surface area is 165 Å². The zero-order valence-corrected chi connectivity index (χ0v) is 15.6. The lowest BCUT2D eigenvalue weighted by Gasteiger charge is -2.07. The van der Waals surface area contributed by atoms with Crippen LogP contribution in [0.25, 0.3) is 11.4 Å². The van der Waals surface area contributed by atoms with Gasteiger partial charge in [0.15, 0.2) is 5.82 Å². The number of aromatic nitrogens is 3. The molecule has 1 N–H and O–H groups in total. The van der Waals surface area contributed by atoms with E-state index < -0.39 is 0 Å². The Morgan fingerprint density at radius 1 is 0.964 bits per heavy atom. The maximum atomic E-state index is 12.4. The van der Waals surface area contributed by atoms with Gasteiger partial charge in [-0.3, -0.25) is 4.79 Å². The molecule has 4 rings (SSSR count). The van der Waals surface area contributed by atoms with Gasteiger partial charge in [-0.05, 0) is 24.3 Å². The van der Waals surface area contributed by atoms with Gasteiger partial charge in [0.25, 0.3) is 5.91 Å². The molecule has 0 unspecified atom stereocenters. The first-order chi connectivity index (χ1) is 13.8. The number of nitrogens with one attached hydrogen (secondary N) is 1. The van der Waals surface area contributed by atoms with Gasteiger partial charge in [0.1, 0.15) is 12.4 Å². The van der Waals surface area contributed by atoms with Crippen molar-refractivity contribution in [3.63, 3.8) is 0 Å². The number of carbonyl (C=O) groups is 1. The van der Waals surface area contributed by atoms with Crippen LogP contribution in [-0.2, 0) is 6.61 Å². The van der Waals surface area contributed by atoms with E-state index in [4.69, 9.17) is 4.74 Å². The van der Waals surface area contributed by atoms with Crippen LogP contribution in [0.5, 0.6) is 5.75 Å². The van der Waals surface area contributed by atoms with E-state index in [1.54, 1.807) is 42.2 Å². The van der Waals surface area contributed by atoms with Crippen molar-refractivity contribution >= 4 is 22.9 Å². The zero-order valence-electron chi connectivity index (χ0n) is 14.8. The Morgan fingerprint density at radius 3 is 2.39 bits per heavy atom. The van der Waals surface area contributed by atoms with Crippen molar-refractivity contribution in [2.45, 2.75) is 6.61 Å². The predicted octanol–water partition coefficient (Wildman–Crippen LogP) is 4.43. The molecule has 0 fully saturated rings. The van der Waals surface area contributed by atoms with Gasteiger partial charge in [0.2, 0.25) is 0 Å². The number of hydrogen-bond acceptors (Lipinski definition) is 6. The highest BCUT2D eigenvalue weighted by atomic mass is 32.1. The molecule has 0 aliphatic rings. The molecule has 7 heteroatoms. The van der Waals surface area contributed by atoms with Crippen LogP contribution < -0.4 is 10.1 Å². The third-order valence-corrected chi connectivity index (χ3v) is 4.56. The number of hydrogen-bond donors (Lipinski definition) is 1. The van der Waals surface area contributed by atoms with Gasteiger partial charge >= 0.3 is 0 Å². The fourth-order valence-corrected chi connectivity index (χ4v) is 3.04. The Hall–Kier alpha value is -3.58. The monoisotopic (exact) mass is 388 g/mol. The number of benzene rings is 2. The average molecular weight is 388 g/mol. The summed E-state index contributed by atoms with van der Waals surface area (Å²) < 4.78 is 5.65. The molecule has 28 heavy (non-hydrogen) atoms. The summed E-state index contributed by atoms with van der Waals surface area (Å²) in [6.07, 6.45) is 3.19. The molecule has 1 amide bonds. The molecule has 2 heterocycles. The highest BCUT2D eigenvalue weighted by Crippen LogP contribution is 2.17. The van der Waals surface area contributed by atoms with Crippen molar-refractivity contribution in [3.8, 4) is 17.1 Å². The van der Waals surface area contributed by atoms with Crippen LogP contribution in [0.1, 0.15) is 16.1 Å². The summed E-state index contributed by atoms with van der Waals surface area (Å²) >= 11 is 1.53. The molecule has 2 aromatic heterocycles. The molecule has 0 radical (unpaired) electrons. The first-order valence-corrected chi connectivity index (χ1v) is 9.51. The molecule has 0 atom stereocenters. The van der Waals surface area contributed by atoms with Gasteiger partial charge in [-0.15, -0.1) is 11.3 Å². The number of nitrogens with zero attached hydrogens (tertiary/aromatic N) is 3. The average Bonchev–Trinajstić information content (AvgIpc) is 3.27. The molecule has 6 nitrogen and oxygen atoms in total. The molecular formula is C21H16N4O2S.